The Bertz CT molecular complexity index is 583. The molecule has 1 aliphatic rings. The summed E-state index contributed by atoms with van der Waals surface area (Å²) in [6, 6.07) is 6.11. The maximum absolute atomic E-state index is 12.8. The van der Waals surface area contributed by atoms with Crippen LogP contribution in [0.2, 0.25) is 0 Å². The number of carbonyl (C=O) groups excluding carboxylic acids is 1. The predicted molar refractivity (Wildman–Crippen MR) is 112 cm³/mol. The van der Waals surface area contributed by atoms with Crippen molar-refractivity contribution >= 4 is 18.3 Å². The van der Waals surface area contributed by atoms with Crippen molar-refractivity contribution in [1.82, 2.24) is 4.90 Å². The Morgan fingerprint density at radius 2 is 2.00 bits per heavy atom. The van der Waals surface area contributed by atoms with Crippen molar-refractivity contribution < 1.29 is 14.3 Å². The maximum atomic E-state index is 12.8. The second-order valence-corrected chi connectivity index (χ2v) is 7.21. The molecule has 0 bridgehead atoms. The van der Waals surface area contributed by atoms with Gasteiger partial charge < -0.3 is 20.1 Å². The number of rotatable bonds is 10. The van der Waals surface area contributed by atoms with E-state index >= 15 is 0 Å². The Balaban J connectivity index is 0.00000364. The average molecular weight is 399 g/mol. The van der Waals surface area contributed by atoms with E-state index in [1.807, 2.05) is 23.1 Å². The summed E-state index contributed by atoms with van der Waals surface area (Å²) in [6.45, 7) is 6.20. The molecule has 5 nitrogen and oxygen atoms in total. The fraction of sp³-hybridized carbons (Fsp3) is 0.667. The first-order valence-electron chi connectivity index (χ1n) is 9.92. The number of ether oxygens (including phenoxy) is 2. The summed E-state index contributed by atoms with van der Waals surface area (Å²) in [5.74, 6) is 2.02. The molecule has 0 unspecified atom stereocenters. The molecule has 0 radical (unpaired) electrons. The molecule has 1 aromatic rings. The number of nitrogens with zero attached hydrogens (tertiary/aromatic N) is 1. The predicted octanol–water partition coefficient (Wildman–Crippen LogP) is 4.16. The SMILES string of the molecule is CCCOc1ccc(CN(CCC)C(=O)C[C@@H]2CCC[C@H]2N)cc1OC.Cl. The molecule has 0 spiro atoms. The molecule has 0 aromatic heterocycles. The van der Waals surface area contributed by atoms with Crippen molar-refractivity contribution in [2.75, 3.05) is 20.3 Å². The van der Waals surface area contributed by atoms with Crippen LogP contribution in [0.15, 0.2) is 18.2 Å². The van der Waals surface area contributed by atoms with Crippen LogP contribution in [0.3, 0.4) is 0 Å². The highest BCUT2D eigenvalue weighted by atomic mass is 35.5. The Morgan fingerprint density at radius 3 is 2.59 bits per heavy atom. The minimum atomic E-state index is 0. The minimum Gasteiger partial charge on any atom is -0.493 e. The van der Waals surface area contributed by atoms with Crippen LogP contribution < -0.4 is 15.2 Å². The highest BCUT2D eigenvalue weighted by Gasteiger charge is 2.28. The fourth-order valence-corrected chi connectivity index (χ4v) is 3.60. The van der Waals surface area contributed by atoms with E-state index in [9.17, 15) is 4.79 Å². The van der Waals surface area contributed by atoms with E-state index in [4.69, 9.17) is 15.2 Å². The highest BCUT2D eigenvalue weighted by molar-refractivity contribution is 5.85. The van der Waals surface area contributed by atoms with Crippen LogP contribution in [0.1, 0.15) is 57.9 Å². The molecule has 0 aliphatic heterocycles. The highest BCUT2D eigenvalue weighted by Crippen LogP contribution is 2.30. The van der Waals surface area contributed by atoms with Gasteiger partial charge in [0.15, 0.2) is 11.5 Å². The number of benzene rings is 1. The normalized spacial score (nSPS) is 18.7. The molecule has 154 valence electrons. The smallest absolute Gasteiger partial charge is 0.223 e. The van der Waals surface area contributed by atoms with Crippen LogP contribution in [0.25, 0.3) is 0 Å². The number of hydrogen-bond donors (Lipinski definition) is 1. The van der Waals surface area contributed by atoms with Crippen LogP contribution in [0.4, 0.5) is 0 Å². The van der Waals surface area contributed by atoms with Crippen molar-refractivity contribution in [2.45, 2.75) is 65.0 Å². The molecule has 2 N–H and O–H groups in total. The lowest BCUT2D eigenvalue weighted by Gasteiger charge is -2.25. The van der Waals surface area contributed by atoms with E-state index < -0.39 is 0 Å². The number of methoxy groups -OCH3 is 1. The number of halogens is 1. The molecule has 2 rings (SSSR count). The van der Waals surface area contributed by atoms with Gasteiger partial charge in [-0.25, -0.2) is 0 Å². The molecule has 1 aliphatic carbocycles. The fourth-order valence-electron chi connectivity index (χ4n) is 3.60. The van der Waals surface area contributed by atoms with Gasteiger partial charge in [0.1, 0.15) is 0 Å². The van der Waals surface area contributed by atoms with Crippen LogP contribution >= 0.6 is 12.4 Å². The van der Waals surface area contributed by atoms with Crippen LogP contribution in [0.5, 0.6) is 11.5 Å². The number of hydrogen-bond acceptors (Lipinski definition) is 4. The molecule has 0 heterocycles. The van der Waals surface area contributed by atoms with Crippen molar-refractivity contribution in [3.63, 3.8) is 0 Å². The molecular weight excluding hydrogens is 364 g/mol. The third-order valence-electron chi connectivity index (χ3n) is 5.06. The van der Waals surface area contributed by atoms with E-state index in [2.05, 4.69) is 13.8 Å². The molecule has 1 fully saturated rings. The Hall–Kier alpha value is -1.46. The molecule has 2 atom stereocenters. The molecule has 0 saturated heterocycles. The van der Waals surface area contributed by atoms with Gasteiger partial charge in [0, 0.05) is 25.6 Å². The first-order valence-corrected chi connectivity index (χ1v) is 9.92. The van der Waals surface area contributed by atoms with E-state index in [0.29, 0.717) is 25.5 Å². The van der Waals surface area contributed by atoms with Crippen molar-refractivity contribution in [1.29, 1.82) is 0 Å². The van der Waals surface area contributed by atoms with E-state index in [1.54, 1.807) is 7.11 Å². The largest absolute Gasteiger partial charge is 0.493 e. The van der Waals surface area contributed by atoms with E-state index in [1.165, 1.54) is 0 Å². The summed E-state index contributed by atoms with van der Waals surface area (Å²) in [5.41, 5.74) is 7.21. The summed E-state index contributed by atoms with van der Waals surface area (Å²) >= 11 is 0. The molecule has 1 aromatic carbocycles. The first-order chi connectivity index (χ1) is 12.6. The van der Waals surface area contributed by atoms with Gasteiger partial charge in [-0.1, -0.05) is 26.3 Å². The maximum Gasteiger partial charge on any atom is 0.223 e. The Morgan fingerprint density at radius 1 is 1.22 bits per heavy atom. The number of amides is 1. The summed E-state index contributed by atoms with van der Waals surface area (Å²) in [4.78, 5) is 14.8. The standard InChI is InChI=1S/C21H34N2O3.ClH/c1-4-11-23(21(24)14-17-7-6-8-18(17)22)15-16-9-10-19(26-12-5-2)20(13-16)25-3;/h9-10,13,17-18H,4-8,11-12,14-15,22H2,1-3H3;1H/t17-,18+;/m0./s1. The molecule has 27 heavy (non-hydrogen) atoms. The third kappa shape index (κ3) is 6.89. The van der Waals surface area contributed by atoms with Crippen molar-refractivity contribution in [3.05, 3.63) is 23.8 Å². The Kier molecular flexibility index (Phi) is 10.6. The van der Waals surface area contributed by atoms with Gasteiger partial charge in [0.05, 0.1) is 13.7 Å². The summed E-state index contributed by atoms with van der Waals surface area (Å²) in [5, 5.41) is 0. The van der Waals surface area contributed by atoms with Gasteiger partial charge in [-0.3, -0.25) is 4.79 Å². The zero-order chi connectivity index (χ0) is 18.9. The van der Waals surface area contributed by atoms with Gasteiger partial charge in [0.2, 0.25) is 5.91 Å². The zero-order valence-corrected chi connectivity index (χ0v) is 17.7. The van der Waals surface area contributed by atoms with Gasteiger partial charge in [-0.05, 0) is 49.3 Å². The van der Waals surface area contributed by atoms with Gasteiger partial charge in [-0.2, -0.15) is 0 Å². The summed E-state index contributed by atoms with van der Waals surface area (Å²) in [6.07, 6.45) is 5.72. The number of nitrogens with two attached hydrogens (primary N) is 1. The second-order valence-electron chi connectivity index (χ2n) is 7.21. The molecule has 1 saturated carbocycles. The van der Waals surface area contributed by atoms with Gasteiger partial charge >= 0.3 is 0 Å². The number of carbonyl (C=O) groups is 1. The lowest BCUT2D eigenvalue weighted by molar-refractivity contribution is -0.133. The van der Waals surface area contributed by atoms with Crippen molar-refractivity contribution in [3.8, 4) is 11.5 Å². The summed E-state index contributed by atoms with van der Waals surface area (Å²) < 4.78 is 11.2. The molecule has 1 amide bonds. The topological polar surface area (TPSA) is 64.8 Å². The molecular formula is C21H35ClN2O3. The lowest BCUT2D eigenvalue weighted by atomic mass is 9.99. The van der Waals surface area contributed by atoms with Gasteiger partial charge in [0.25, 0.3) is 0 Å². The van der Waals surface area contributed by atoms with Gasteiger partial charge in [-0.15, -0.1) is 12.4 Å². The van der Waals surface area contributed by atoms with Crippen LogP contribution in [-0.4, -0.2) is 37.1 Å². The molecule has 6 heteroatoms. The zero-order valence-electron chi connectivity index (χ0n) is 16.9. The first kappa shape index (κ1) is 23.6. The van der Waals surface area contributed by atoms with Crippen molar-refractivity contribution in [2.24, 2.45) is 11.7 Å². The van der Waals surface area contributed by atoms with Crippen LogP contribution in [0, 0.1) is 5.92 Å². The van der Waals surface area contributed by atoms with Crippen LogP contribution in [-0.2, 0) is 11.3 Å². The lowest BCUT2D eigenvalue weighted by Crippen LogP contribution is -2.35. The van der Waals surface area contributed by atoms with E-state index in [0.717, 1.165) is 55.7 Å². The average Bonchev–Trinajstić information content (AvgIpc) is 3.04. The second kappa shape index (κ2) is 12.1. The quantitative estimate of drug-likeness (QED) is 0.642. The van der Waals surface area contributed by atoms with E-state index in [-0.39, 0.29) is 24.4 Å². The Labute approximate surface area is 170 Å². The minimum absolute atomic E-state index is 0. The third-order valence-corrected chi connectivity index (χ3v) is 5.06. The summed E-state index contributed by atoms with van der Waals surface area (Å²) in [7, 11) is 1.65. The monoisotopic (exact) mass is 398 g/mol.